The fourth-order valence-corrected chi connectivity index (χ4v) is 2.54. The number of rotatable bonds is 6. The zero-order chi connectivity index (χ0) is 16.9. The summed E-state index contributed by atoms with van der Waals surface area (Å²) in [6.07, 6.45) is -3.28. The second-order valence-corrected chi connectivity index (χ2v) is 5.78. The second kappa shape index (κ2) is 7.80. The second-order valence-electron chi connectivity index (χ2n) is 5.78. The van der Waals surface area contributed by atoms with Crippen molar-refractivity contribution in [1.82, 2.24) is 9.80 Å². The molecule has 0 aromatic heterocycles. The lowest BCUT2D eigenvalue weighted by molar-refractivity contribution is -0.188. The van der Waals surface area contributed by atoms with Crippen molar-refractivity contribution in [3.8, 4) is 0 Å². The maximum absolute atomic E-state index is 12.8. The van der Waals surface area contributed by atoms with Crippen LogP contribution < -0.4 is 0 Å². The van der Waals surface area contributed by atoms with Gasteiger partial charge in [0.1, 0.15) is 0 Å². The van der Waals surface area contributed by atoms with E-state index in [1.54, 1.807) is 6.92 Å². The Bertz CT molecular complexity index is 401. The fourth-order valence-electron chi connectivity index (χ4n) is 2.54. The Morgan fingerprint density at radius 1 is 1.36 bits per heavy atom. The number of carboxylic acids is 1. The number of amides is 1. The van der Waals surface area contributed by atoms with Crippen LogP contribution in [0.3, 0.4) is 0 Å². The van der Waals surface area contributed by atoms with Crippen LogP contribution in [0, 0.1) is 5.92 Å². The first-order valence-corrected chi connectivity index (χ1v) is 7.45. The van der Waals surface area contributed by atoms with Crippen molar-refractivity contribution in [2.75, 3.05) is 26.2 Å². The van der Waals surface area contributed by atoms with E-state index in [1.165, 1.54) is 9.80 Å². The van der Waals surface area contributed by atoms with Crippen molar-refractivity contribution >= 4 is 11.9 Å². The van der Waals surface area contributed by atoms with Crippen molar-refractivity contribution in [2.45, 2.75) is 45.3 Å². The molecule has 0 aliphatic carbocycles. The van der Waals surface area contributed by atoms with Crippen molar-refractivity contribution in [1.29, 1.82) is 0 Å². The quantitative estimate of drug-likeness (QED) is 0.811. The van der Waals surface area contributed by atoms with E-state index in [4.69, 9.17) is 5.11 Å². The minimum absolute atomic E-state index is 0.0392. The summed E-state index contributed by atoms with van der Waals surface area (Å²) in [5, 5.41) is 8.88. The zero-order valence-electron chi connectivity index (χ0n) is 12.9. The number of hydrogen-bond donors (Lipinski definition) is 1. The van der Waals surface area contributed by atoms with Gasteiger partial charge in [0.2, 0.25) is 5.91 Å². The SMILES string of the molecule is CCC(C)N(CC(=O)O)CC(=O)N1CCCC(C(F)(F)F)C1. The Morgan fingerprint density at radius 2 is 2.00 bits per heavy atom. The number of nitrogens with zero attached hydrogens (tertiary/aromatic N) is 2. The minimum atomic E-state index is -4.30. The number of hydrogen-bond acceptors (Lipinski definition) is 3. The van der Waals surface area contributed by atoms with Crippen LogP contribution in [0.15, 0.2) is 0 Å². The van der Waals surface area contributed by atoms with E-state index in [0.29, 0.717) is 19.4 Å². The minimum Gasteiger partial charge on any atom is -0.480 e. The normalized spacial score (nSPS) is 21.0. The molecule has 22 heavy (non-hydrogen) atoms. The molecule has 2 unspecified atom stereocenters. The number of halogens is 3. The van der Waals surface area contributed by atoms with Crippen molar-refractivity contribution in [3.05, 3.63) is 0 Å². The first-order chi connectivity index (χ1) is 10.1. The van der Waals surface area contributed by atoms with E-state index in [-0.39, 0.29) is 32.1 Å². The summed E-state index contributed by atoms with van der Waals surface area (Å²) in [6, 6.07) is -0.122. The van der Waals surface area contributed by atoms with Gasteiger partial charge in [-0.25, -0.2) is 0 Å². The lowest BCUT2D eigenvalue weighted by Crippen LogP contribution is -2.50. The monoisotopic (exact) mass is 324 g/mol. The number of likely N-dealkylation sites (tertiary alicyclic amines) is 1. The van der Waals surface area contributed by atoms with E-state index in [0.717, 1.165) is 0 Å². The van der Waals surface area contributed by atoms with Crippen molar-refractivity contribution < 1.29 is 27.9 Å². The Balaban J connectivity index is 2.67. The maximum atomic E-state index is 12.8. The predicted octanol–water partition coefficient (Wildman–Crippen LogP) is 1.97. The zero-order valence-corrected chi connectivity index (χ0v) is 12.9. The van der Waals surface area contributed by atoms with Gasteiger partial charge in [-0.1, -0.05) is 6.92 Å². The van der Waals surface area contributed by atoms with E-state index in [9.17, 15) is 22.8 Å². The summed E-state index contributed by atoms with van der Waals surface area (Å²) in [7, 11) is 0. The summed E-state index contributed by atoms with van der Waals surface area (Å²) < 4.78 is 38.3. The molecule has 0 saturated carbocycles. The summed E-state index contributed by atoms with van der Waals surface area (Å²) in [5.41, 5.74) is 0. The van der Waals surface area contributed by atoms with Crippen LogP contribution in [-0.2, 0) is 9.59 Å². The average Bonchev–Trinajstić information content (AvgIpc) is 2.44. The largest absolute Gasteiger partial charge is 0.480 e. The predicted molar refractivity (Wildman–Crippen MR) is 74.3 cm³/mol. The number of carboxylic acid groups (broad SMARTS) is 1. The molecule has 8 heteroatoms. The molecule has 0 bridgehead atoms. The van der Waals surface area contributed by atoms with Gasteiger partial charge in [-0.05, 0) is 26.2 Å². The number of alkyl halides is 3. The molecule has 1 rings (SSSR count). The molecule has 0 aromatic carbocycles. The van der Waals surface area contributed by atoms with Gasteiger partial charge in [0, 0.05) is 19.1 Å². The molecule has 128 valence electrons. The summed E-state index contributed by atoms with van der Waals surface area (Å²) >= 11 is 0. The molecular formula is C14H23F3N2O3. The molecule has 1 saturated heterocycles. The number of carbonyl (C=O) groups is 2. The topological polar surface area (TPSA) is 60.9 Å². The van der Waals surface area contributed by atoms with Gasteiger partial charge in [0.05, 0.1) is 19.0 Å². The van der Waals surface area contributed by atoms with E-state index in [2.05, 4.69) is 0 Å². The highest BCUT2D eigenvalue weighted by atomic mass is 19.4. The molecular weight excluding hydrogens is 301 g/mol. The lowest BCUT2D eigenvalue weighted by atomic mass is 9.97. The molecule has 1 aliphatic heterocycles. The van der Waals surface area contributed by atoms with E-state index >= 15 is 0 Å². The molecule has 0 spiro atoms. The van der Waals surface area contributed by atoms with Crippen LogP contribution in [0.1, 0.15) is 33.1 Å². The van der Waals surface area contributed by atoms with Crippen LogP contribution in [0.4, 0.5) is 13.2 Å². The molecule has 0 radical (unpaired) electrons. The Hall–Kier alpha value is -1.31. The molecule has 1 heterocycles. The first-order valence-electron chi connectivity index (χ1n) is 7.45. The van der Waals surface area contributed by atoms with Crippen LogP contribution in [0.2, 0.25) is 0 Å². The summed E-state index contributed by atoms with van der Waals surface area (Å²) in [6.45, 7) is 3.18. The molecule has 0 aromatic rings. The molecule has 5 nitrogen and oxygen atoms in total. The van der Waals surface area contributed by atoms with Crippen LogP contribution in [-0.4, -0.2) is 65.2 Å². The number of piperidine rings is 1. The highest BCUT2D eigenvalue weighted by molar-refractivity contribution is 5.79. The Morgan fingerprint density at radius 3 is 2.50 bits per heavy atom. The molecule has 2 atom stereocenters. The van der Waals surface area contributed by atoms with E-state index < -0.39 is 24.0 Å². The van der Waals surface area contributed by atoms with Gasteiger partial charge in [-0.2, -0.15) is 13.2 Å². The third kappa shape index (κ3) is 5.47. The van der Waals surface area contributed by atoms with Gasteiger partial charge in [-0.15, -0.1) is 0 Å². The maximum Gasteiger partial charge on any atom is 0.393 e. The Kier molecular flexibility index (Phi) is 6.65. The highest BCUT2D eigenvalue weighted by Crippen LogP contribution is 2.33. The molecule has 1 N–H and O–H groups in total. The van der Waals surface area contributed by atoms with Crippen molar-refractivity contribution in [3.63, 3.8) is 0 Å². The average molecular weight is 324 g/mol. The van der Waals surface area contributed by atoms with Gasteiger partial charge in [-0.3, -0.25) is 14.5 Å². The molecule has 1 aliphatic rings. The van der Waals surface area contributed by atoms with Crippen LogP contribution in [0.5, 0.6) is 0 Å². The smallest absolute Gasteiger partial charge is 0.393 e. The van der Waals surface area contributed by atoms with Crippen LogP contribution >= 0.6 is 0 Å². The van der Waals surface area contributed by atoms with Gasteiger partial charge >= 0.3 is 12.1 Å². The summed E-state index contributed by atoms with van der Waals surface area (Å²) in [4.78, 5) is 25.8. The molecule has 1 amide bonds. The first kappa shape index (κ1) is 18.7. The highest BCUT2D eigenvalue weighted by Gasteiger charge is 2.42. The third-order valence-electron chi connectivity index (χ3n) is 4.13. The third-order valence-corrected chi connectivity index (χ3v) is 4.13. The van der Waals surface area contributed by atoms with Crippen molar-refractivity contribution in [2.24, 2.45) is 5.92 Å². The fraction of sp³-hybridized carbons (Fsp3) is 0.857. The van der Waals surface area contributed by atoms with E-state index in [1.807, 2.05) is 6.92 Å². The number of carbonyl (C=O) groups excluding carboxylic acids is 1. The lowest BCUT2D eigenvalue weighted by Gasteiger charge is -2.35. The molecule has 1 fully saturated rings. The van der Waals surface area contributed by atoms with Crippen LogP contribution in [0.25, 0.3) is 0 Å². The van der Waals surface area contributed by atoms with Gasteiger partial charge < -0.3 is 10.0 Å². The number of aliphatic carboxylic acids is 1. The summed E-state index contributed by atoms with van der Waals surface area (Å²) in [5.74, 6) is -2.97. The standard InChI is InChI=1S/C14H23F3N2O3/c1-3-10(2)19(9-13(21)22)8-12(20)18-6-4-5-11(7-18)14(15,16)17/h10-11H,3-9H2,1-2H3,(H,21,22). The van der Waals surface area contributed by atoms with Gasteiger partial charge in [0.25, 0.3) is 0 Å². The Labute approximate surface area is 128 Å². The van der Waals surface area contributed by atoms with Gasteiger partial charge in [0.15, 0.2) is 0 Å².